The van der Waals surface area contributed by atoms with Crippen LogP contribution >= 0.6 is 0 Å². The van der Waals surface area contributed by atoms with Gasteiger partial charge in [0, 0.05) is 29.1 Å². The van der Waals surface area contributed by atoms with E-state index in [2.05, 4.69) is 0 Å². The van der Waals surface area contributed by atoms with Gasteiger partial charge in [-0.3, -0.25) is 10.1 Å². The molecule has 0 unspecified atom stereocenters. The minimum absolute atomic E-state index is 0.0277. The molecule has 0 saturated carbocycles. The van der Waals surface area contributed by atoms with Gasteiger partial charge in [0.25, 0.3) is 5.69 Å². The van der Waals surface area contributed by atoms with E-state index in [0.29, 0.717) is 23.4 Å². The molecule has 0 bridgehead atoms. The smallest absolute Gasteiger partial charge is 0.270 e. The molecular weight excluding hydrogens is 218 g/mol. The topological polar surface area (TPSA) is 93.0 Å². The standard InChI is InChI=1S/C10H13N3O2.C2H6/c1-2-3-9(11)8-6-7(13(14)15)4-5-10(8)12;1-2/h4-6,11H,2-3,12H2,1H3;1-2H3. The molecule has 0 aliphatic carbocycles. The molecule has 0 amide bonds. The third kappa shape index (κ3) is 4.22. The lowest BCUT2D eigenvalue weighted by Gasteiger charge is -2.05. The maximum absolute atomic E-state index is 10.5. The highest BCUT2D eigenvalue weighted by Crippen LogP contribution is 2.21. The van der Waals surface area contributed by atoms with Gasteiger partial charge in [-0.1, -0.05) is 27.2 Å². The van der Waals surface area contributed by atoms with Gasteiger partial charge in [0.2, 0.25) is 0 Å². The van der Waals surface area contributed by atoms with Gasteiger partial charge in [-0.2, -0.15) is 0 Å². The Morgan fingerprint density at radius 2 is 2.06 bits per heavy atom. The zero-order valence-corrected chi connectivity index (χ0v) is 10.5. The number of benzene rings is 1. The van der Waals surface area contributed by atoms with E-state index in [4.69, 9.17) is 11.1 Å². The van der Waals surface area contributed by atoms with Crippen LogP contribution in [0.25, 0.3) is 0 Å². The zero-order chi connectivity index (χ0) is 13.4. The number of non-ortho nitro benzene ring substituents is 1. The SMILES string of the molecule is CC.CCCC(=N)c1cc([N+](=O)[O-])ccc1N. The van der Waals surface area contributed by atoms with Crippen LogP contribution in [-0.4, -0.2) is 10.6 Å². The lowest BCUT2D eigenvalue weighted by molar-refractivity contribution is -0.384. The lowest BCUT2D eigenvalue weighted by Crippen LogP contribution is -2.04. The third-order valence-electron chi connectivity index (χ3n) is 2.07. The van der Waals surface area contributed by atoms with Gasteiger partial charge in [-0.25, -0.2) is 0 Å². The summed E-state index contributed by atoms with van der Waals surface area (Å²) in [6.45, 7) is 5.95. The van der Waals surface area contributed by atoms with Gasteiger partial charge in [0.1, 0.15) is 0 Å². The van der Waals surface area contributed by atoms with Crippen molar-refractivity contribution in [2.45, 2.75) is 33.6 Å². The number of nitro groups is 1. The monoisotopic (exact) mass is 237 g/mol. The number of nitrogens with zero attached hydrogens (tertiary/aromatic N) is 1. The van der Waals surface area contributed by atoms with Crippen LogP contribution in [-0.2, 0) is 0 Å². The molecule has 5 heteroatoms. The third-order valence-corrected chi connectivity index (χ3v) is 2.07. The van der Waals surface area contributed by atoms with E-state index < -0.39 is 4.92 Å². The summed E-state index contributed by atoms with van der Waals surface area (Å²) in [4.78, 5) is 10.1. The Bertz CT molecular complexity index is 403. The van der Waals surface area contributed by atoms with E-state index in [9.17, 15) is 10.1 Å². The first-order valence-corrected chi connectivity index (χ1v) is 5.68. The summed E-state index contributed by atoms with van der Waals surface area (Å²) in [7, 11) is 0. The quantitative estimate of drug-likeness (QED) is 0.364. The fourth-order valence-electron chi connectivity index (χ4n) is 1.30. The Labute approximate surface area is 101 Å². The molecule has 0 spiro atoms. The number of hydrogen-bond donors (Lipinski definition) is 2. The van der Waals surface area contributed by atoms with Crippen LogP contribution in [0.4, 0.5) is 11.4 Å². The normalized spacial score (nSPS) is 9.12. The van der Waals surface area contributed by atoms with Crippen LogP contribution in [0.1, 0.15) is 39.2 Å². The van der Waals surface area contributed by atoms with Gasteiger partial charge in [-0.15, -0.1) is 0 Å². The molecule has 0 atom stereocenters. The average molecular weight is 237 g/mol. The molecule has 5 nitrogen and oxygen atoms in total. The highest BCUT2D eigenvalue weighted by atomic mass is 16.6. The molecule has 3 N–H and O–H groups in total. The molecule has 17 heavy (non-hydrogen) atoms. The van der Waals surface area contributed by atoms with Gasteiger partial charge >= 0.3 is 0 Å². The summed E-state index contributed by atoms with van der Waals surface area (Å²) in [6, 6.07) is 4.17. The lowest BCUT2D eigenvalue weighted by atomic mass is 10.0. The maximum atomic E-state index is 10.5. The van der Waals surface area contributed by atoms with Gasteiger partial charge in [0.15, 0.2) is 0 Å². The number of hydrogen-bond acceptors (Lipinski definition) is 4. The van der Waals surface area contributed by atoms with Crippen molar-refractivity contribution < 1.29 is 4.92 Å². The van der Waals surface area contributed by atoms with E-state index >= 15 is 0 Å². The summed E-state index contributed by atoms with van der Waals surface area (Å²) < 4.78 is 0. The second-order valence-corrected chi connectivity index (χ2v) is 3.26. The van der Waals surface area contributed by atoms with Crippen LogP contribution < -0.4 is 5.73 Å². The van der Waals surface area contributed by atoms with Crippen molar-refractivity contribution in [2.75, 3.05) is 5.73 Å². The van der Waals surface area contributed by atoms with Crippen LogP contribution in [0.5, 0.6) is 0 Å². The Morgan fingerprint density at radius 1 is 1.47 bits per heavy atom. The first-order valence-electron chi connectivity index (χ1n) is 5.68. The molecule has 1 aromatic rings. The van der Waals surface area contributed by atoms with E-state index in [0.717, 1.165) is 6.42 Å². The van der Waals surface area contributed by atoms with E-state index in [1.807, 2.05) is 20.8 Å². The van der Waals surface area contributed by atoms with Gasteiger partial charge < -0.3 is 11.1 Å². The number of rotatable bonds is 4. The fraction of sp³-hybridized carbons (Fsp3) is 0.417. The first-order chi connectivity index (χ1) is 8.06. The number of nitrogens with two attached hydrogens (primary N) is 1. The zero-order valence-electron chi connectivity index (χ0n) is 10.5. The summed E-state index contributed by atoms with van der Waals surface area (Å²) in [6.07, 6.45) is 1.40. The summed E-state index contributed by atoms with van der Waals surface area (Å²) in [5, 5.41) is 18.2. The maximum Gasteiger partial charge on any atom is 0.270 e. The minimum atomic E-state index is -0.484. The van der Waals surface area contributed by atoms with Crippen molar-refractivity contribution >= 4 is 17.1 Å². The minimum Gasteiger partial charge on any atom is -0.398 e. The average Bonchev–Trinajstić information content (AvgIpc) is 2.32. The molecule has 0 radical (unpaired) electrons. The Kier molecular flexibility index (Phi) is 6.55. The van der Waals surface area contributed by atoms with E-state index in [-0.39, 0.29) is 5.69 Å². The molecule has 1 rings (SSSR count). The predicted molar refractivity (Wildman–Crippen MR) is 70.6 cm³/mol. The number of nitrogen functional groups attached to an aromatic ring is 1. The molecule has 0 fully saturated rings. The van der Waals surface area contributed by atoms with Crippen molar-refractivity contribution in [1.29, 1.82) is 5.41 Å². The number of anilines is 1. The van der Waals surface area contributed by atoms with Crippen molar-refractivity contribution in [3.63, 3.8) is 0 Å². The van der Waals surface area contributed by atoms with Crippen LogP contribution in [0.3, 0.4) is 0 Å². The second-order valence-electron chi connectivity index (χ2n) is 3.26. The number of nitro benzene ring substituents is 1. The van der Waals surface area contributed by atoms with E-state index in [1.54, 1.807) is 0 Å². The summed E-state index contributed by atoms with van der Waals surface area (Å²) in [5.74, 6) is 0. The van der Waals surface area contributed by atoms with Gasteiger partial charge in [0.05, 0.1) is 4.92 Å². The largest absolute Gasteiger partial charge is 0.398 e. The predicted octanol–water partition coefficient (Wildman–Crippen LogP) is 3.37. The number of nitrogens with one attached hydrogen (secondary N) is 1. The molecular formula is C12H19N3O2. The molecule has 1 aromatic carbocycles. The molecule has 0 aromatic heterocycles. The van der Waals surface area contributed by atoms with Crippen molar-refractivity contribution in [2.24, 2.45) is 0 Å². The molecule has 0 heterocycles. The van der Waals surface area contributed by atoms with Crippen molar-refractivity contribution in [3.8, 4) is 0 Å². The molecule has 0 aliphatic heterocycles. The summed E-state index contributed by atoms with van der Waals surface area (Å²) >= 11 is 0. The molecule has 94 valence electrons. The second kappa shape index (κ2) is 7.38. The Balaban J connectivity index is 0.00000121. The van der Waals surface area contributed by atoms with Crippen molar-refractivity contribution in [3.05, 3.63) is 33.9 Å². The van der Waals surface area contributed by atoms with Crippen LogP contribution in [0.2, 0.25) is 0 Å². The highest BCUT2D eigenvalue weighted by molar-refractivity contribution is 6.03. The van der Waals surface area contributed by atoms with Crippen LogP contribution in [0.15, 0.2) is 18.2 Å². The highest BCUT2D eigenvalue weighted by Gasteiger charge is 2.11. The Hall–Kier alpha value is -1.91. The van der Waals surface area contributed by atoms with E-state index in [1.165, 1.54) is 18.2 Å². The fourth-order valence-corrected chi connectivity index (χ4v) is 1.30. The van der Waals surface area contributed by atoms with Crippen LogP contribution in [0, 0.1) is 15.5 Å². The Morgan fingerprint density at radius 3 is 2.53 bits per heavy atom. The summed E-state index contributed by atoms with van der Waals surface area (Å²) in [5.41, 5.74) is 6.86. The van der Waals surface area contributed by atoms with Gasteiger partial charge in [-0.05, 0) is 12.5 Å². The molecule has 0 saturated heterocycles. The molecule has 0 aliphatic rings. The van der Waals surface area contributed by atoms with Crippen molar-refractivity contribution in [1.82, 2.24) is 0 Å². The first kappa shape index (κ1) is 15.1.